The fourth-order valence-corrected chi connectivity index (χ4v) is 0.868. The van der Waals surface area contributed by atoms with Crippen LogP contribution in [0.3, 0.4) is 0 Å². The number of ketones is 1. The maximum atomic E-state index is 11.3. The summed E-state index contributed by atoms with van der Waals surface area (Å²) in [7, 11) is 0. The predicted octanol–water partition coefficient (Wildman–Crippen LogP) is -0.0496. The number of aliphatic hydroxyl groups is 1. The van der Waals surface area contributed by atoms with Crippen molar-refractivity contribution in [1.82, 2.24) is 0 Å². The highest BCUT2D eigenvalue weighted by molar-refractivity contribution is 6.62. The van der Waals surface area contributed by atoms with Crippen LogP contribution in [-0.4, -0.2) is 40.1 Å². The van der Waals surface area contributed by atoms with Crippen molar-refractivity contribution >= 4 is 17.5 Å². The molecule has 0 rings (SSSR count). The van der Waals surface area contributed by atoms with Crippen molar-refractivity contribution in [2.45, 2.75) is 32.8 Å². The molecule has 1 atom stereocenters. The van der Waals surface area contributed by atoms with Gasteiger partial charge < -0.3 is 15.4 Å². The highest BCUT2D eigenvalue weighted by Gasteiger charge is 2.30. The predicted molar refractivity (Wildman–Crippen MR) is 51.2 cm³/mol. The molecule has 0 radical (unpaired) electrons. The van der Waals surface area contributed by atoms with Gasteiger partial charge in [0.25, 0.3) is 5.78 Å². The van der Waals surface area contributed by atoms with Crippen LogP contribution >= 0.6 is 0 Å². The minimum atomic E-state index is -0.949. The molecule has 15 heavy (non-hydrogen) atoms. The Labute approximate surface area is 87.5 Å². The summed E-state index contributed by atoms with van der Waals surface area (Å²) in [5.41, 5.74) is 7.84. The molecule has 0 saturated heterocycles. The molecule has 0 heterocycles. The topological polar surface area (TPSA) is 100 Å². The summed E-state index contributed by atoms with van der Waals surface area (Å²) in [6, 6.07) is 0. The van der Waals surface area contributed by atoms with E-state index in [4.69, 9.17) is 10.6 Å². The van der Waals surface area contributed by atoms with Gasteiger partial charge in [0.1, 0.15) is 0 Å². The number of ether oxygens (including phenoxy) is 1. The second-order valence-electron chi connectivity index (χ2n) is 2.98. The van der Waals surface area contributed by atoms with Crippen LogP contribution in [0.4, 0.5) is 0 Å². The Morgan fingerprint density at radius 2 is 2.13 bits per heavy atom. The monoisotopic (exact) mass is 214 g/mol. The lowest BCUT2D eigenvalue weighted by Gasteiger charge is -2.00. The summed E-state index contributed by atoms with van der Waals surface area (Å²) in [6.45, 7) is 3.20. The fraction of sp³-hybridized carbons (Fsp3) is 0.667. The third kappa shape index (κ3) is 5.05. The quantitative estimate of drug-likeness (QED) is 0.220. The van der Waals surface area contributed by atoms with E-state index in [1.165, 1.54) is 6.92 Å². The van der Waals surface area contributed by atoms with Crippen LogP contribution in [0.2, 0.25) is 0 Å². The molecule has 84 valence electrons. The summed E-state index contributed by atoms with van der Waals surface area (Å²) in [6.07, 6.45) is -0.497. The van der Waals surface area contributed by atoms with E-state index in [1.807, 2.05) is 0 Å². The molecule has 0 bridgehead atoms. The minimum absolute atomic E-state index is 0.0596. The molecule has 0 aliphatic rings. The van der Waals surface area contributed by atoms with Gasteiger partial charge in [0.05, 0.1) is 12.7 Å². The third-order valence-corrected chi connectivity index (χ3v) is 1.62. The second-order valence-corrected chi connectivity index (χ2v) is 2.98. The number of aliphatic hydroxyl groups excluding tert-OH is 1. The minimum Gasteiger partial charge on any atom is -0.457 e. The van der Waals surface area contributed by atoms with Crippen LogP contribution < -0.4 is 0 Å². The van der Waals surface area contributed by atoms with Crippen LogP contribution in [0.5, 0.6) is 0 Å². The van der Waals surface area contributed by atoms with Gasteiger partial charge in [-0.05, 0) is 20.3 Å². The molecular weight excluding hydrogens is 200 g/mol. The van der Waals surface area contributed by atoms with Crippen molar-refractivity contribution in [3.8, 4) is 0 Å². The largest absolute Gasteiger partial charge is 0.457 e. The maximum Gasteiger partial charge on any atom is 0.441 e. The normalized spacial score (nSPS) is 11.4. The van der Waals surface area contributed by atoms with Gasteiger partial charge in [-0.15, -0.1) is 0 Å². The van der Waals surface area contributed by atoms with Crippen LogP contribution in [0.1, 0.15) is 26.7 Å². The Morgan fingerprint density at radius 1 is 1.53 bits per heavy atom. The molecule has 0 aliphatic heterocycles. The molecule has 0 saturated carbocycles. The van der Waals surface area contributed by atoms with Crippen molar-refractivity contribution in [2.75, 3.05) is 6.61 Å². The van der Waals surface area contributed by atoms with Gasteiger partial charge in [-0.2, -0.15) is 4.79 Å². The summed E-state index contributed by atoms with van der Waals surface area (Å²) in [4.78, 5) is 25.0. The zero-order chi connectivity index (χ0) is 11.8. The maximum absolute atomic E-state index is 11.3. The molecule has 0 aliphatic carbocycles. The Bertz CT molecular complexity index is 292. The van der Waals surface area contributed by atoms with E-state index in [0.717, 1.165) is 0 Å². The van der Waals surface area contributed by atoms with Crippen LogP contribution in [0.25, 0.3) is 5.53 Å². The molecule has 0 spiro atoms. The number of Topliss-reactive ketones (excluding diaryl/α,β-unsaturated/α-hetero) is 1. The van der Waals surface area contributed by atoms with Crippen molar-refractivity contribution in [3.63, 3.8) is 0 Å². The van der Waals surface area contributed by atoms with Crippen molar-refractivity contribution in [1.29, 1.82) is 0 Å². The fourth-order valence-electron chi connectivity index (χ4n) is 0.868. The van der Waals surface area contributed by atoms with Gasteiger partial charge in [-0.25, -0.2) is 4.79 Å². The highest BCUT2D eigenvalue weighted by atomic mass is 16.5. The van der Waals surface area contributed by atoms with E-state index in [2.05, 4.69) is 9.53 Å². The molecule has 6 nitrogen and oxygen atoms in total. The zero-order valence-electron chi connectivity index (χ0n) is 8.77. The summed E-state index contributed by atoms with van der Waals surface area (Å²) < 4.78 is 4.51. The first-order valence-electron chi connectivity index (χ1n) is 4.63. The van der Waals surface area contributed by atoms with Crippen molar-refractivity contribution < 1.29 is 24.2 Å². The van der Waals surface area contributed by atoms with E-state index in [1.54, 1.807) is 6.92 Å². The third-order valence-electron chi connectivity index (χ3n) is 1.62. The number of rotatable bonds is 6. The summed E-state index contributed by atoms with van der Waals surface area (Å²) in [5.74, 6) is -1.59. The average molecular weight is 214 g/mol. The molecule has 1 N–H and O–H groups in total. The van der Waals surface area contributed by atoms with Gasteiger partial charge in [-0.3, -0.25) is 4.79 Å². The summed E-state index contributed by atoms with van der Waals surface area (Å²) >= 11 is 0. The van der Waals surface area contributed by atoms with E-state index in [0.29, 0.717) is 0 Å². The Balaban J connectivity index is 4.37. The molecule has 1 unspecified atom stereocenters. The highest BCUT2D eigenvalue weighted by Crippen LogP contribution is 1.98. The lowest BCUT2D eigenvalue weighted by Crippen LogP contribution is -2.28. The van der Waals surface area contributed by atoms with Crippen molar-refractivity contribution in [2.24, 2.45) is 0 Å². The first kappa shape index (κ1) is 13.5. The van der Waals surface area contributed by atoms with Gasteiger partial charge in [0.15, 0.2) is 0 Å². The van der Waals surface area contributed by atoms with E-state index in [9.17, 15) is 9.59 Å². The van der Waals surface area contributed by atoms with Crippen LogP contribution in [0.15, 0.2) is 0 Å². The van der Waals surface area contributed by atoms with E-state index in [-0.39, 0.29) is 19.4 Å². The van der Waals surface area contributed by atoms with E-state index < -0.39 is 23.6 Å². The molecule has 0 aromatic heterocycles. The number of hydrogen-bond donors (Lipinski definition) is 1. The van der Waals surface area contributed by atoms with Gasteiger partial charge in [-0.1, -0.05) is 0 Å². The lowest BCUT2D eigenvalue weighted by atomic mass is 10.1. The first-order chi connectivity index (χ1) is 7.02. The lowest BCUT2D eigenvalue weighted by molar-refractivity contribution is -0.141. The van der Waals surface area contributed by atoms with Gasteiger partial charge in [0.2, 0.25) is 0 Å². The van der Waals surface area contributed by atoms with Crippen molar-refractivity contribution in [3.05, 3.63) is 5.53 Å². The Hall–Kier alpha value is -1.52. The molecule has 6 heteroatoms. The SMILES string of the molecule is CCOC(=O)C(=[N+]=[N-])C(=O)CCC(C)O. The molecule has 0 aromatic carbocycles. The second kappa shape index (κ2) is 6.86. The summed E-state index contributed by atoms with van der Waals surface area (Å²) in [5, 5.41) is 8.93. The Kier molecular flexibility index (Phi) is 6.17. The molecule has 0 amide bonds. The molecule has 0 aromatic rings. The van der Waals surface area contributed by atoms with Gasteiger partial charge >= 0.3 is 11.7 Å². The first-order valence-corrected chi connectivity index (χ1v) is 4.63. The molecule has 0 fully saturated rings. The van der Waals surface area contributed by atoms with E-state index >= 15 is 0 Å². The average Bonchev–Trinajstić information content (AvgIpc) is 2.16. The number of esters is 1. The standard InChI is InChI=1S/C9H14N2O4/c1-3-15-9(14)8(11-10)7(13)5-4-6(2)12/h6,12H,3-5H2,1-2H3. The number of hydrogen-bond acceptors (Lipinski definition) is 4. The number of carbonyl (C=O) groups is 2. The van der Waals surface area contributed by atoms with Crippen LogP contribution in [-0.2, 0) is 14.3 Å². The number of carbonyl (C=O) groups excluding carboxylic acids is 2. The zero-order valence-corrected chi connectivity index (χ0v) is 8.77. The smallest absolute Gasteiger partial charge is 0.441 e. The van der Waals surface area contributed by atoms with Gasteiger partial charge in [0, 0.05) is 6.42 Å². The number of nitrogens with zero attached hydrogens (tertiary/aromatic N) is 2. The molecular formula is C9H14N2O4. The van der Waals surface area contributed by atoms with Crippen LogP contribution in [0, 0.1) is 0 Å². The Morgan fingerprint density at radius 3 is 2.53 bits per heavy atom.